The van der Waals surface area contributed by atoms with Crippen LogP contribution in [0.2, 0.25) is 5.02 Å². The smallest absolute Gasteiger partial charge is 0.272 e. The second-order valence-corrected chi connectivity index (χ2v) is 5.09. The Morgan fingerprint density at radius 3 is 2.86 bits per heavy atom. The summed E-state index contributed by atoms with van der Waals surface area (Å²) in [5, 5.41) is 9.63. The largest absolute Gasteiger partial charge is 0.352 e. The zero-order chi connectivity index (χ0) is 14.8. The van der Waals surface area contributed by atoms with Gasteiger partial charge in [-0.3, -0.25) is 14.7 Å². The molecular formula is C14H13ClN4O2. The van der Waals surface area contributed by atoms with Crippen LogP contribution in [0, 0.1) is 0 Å². The fourth-order valence-corrected chi connectivity index (χ4v) is 2.66. The molecule has 1 aromatic heterocycles. The van der Waals surface area contributed by atoms with Crippen molar-refractivity contribution in [1.29, 1.82) is 0 Å². The number of benzene rings is 1. The average molecular weight is 305 g/mol. The summed E-state index contributed by atoms with van der Waals surface area (Å²) in [5.74, 6) is -0.505. The Morgan fingerprint density at radius 2 is 2.14 bits per heavy atom. The molecule has 0 radical (unpaired) electrons. The monoisotopic (exact) mass is 304 g/mol. The molecule has 108 valence electrons. The summed E-state index contributed by atoms with van der Waals surface area (Å²) in [6, 6.07) is 7.89. The summed E-state index contributed by atoms with van der Waals surface area (Å²) in [4.78, 5) is 26.3. The predicted octanol–water partition coefficient (Wildman–Crippen LogP) is 1.38. The third kappa shape index (κ3) is 2.50. The molecule has 1 atom stereocenters. The minimum atomic E-state index is -0.733. The maximum atomic E-state index is 12.5. The number of nitrogens with one attached hydrogen (secondary N) is 2. The Labute approximate surface area is 126 Å². The van der Waals surface area contributed by atoms with Gasteiger partial charge in [0, 0.05) is 29.9 Å². The minimum absolute atomic E-state index is 0.234. The minimum Gasteiger partial charge on any atom is -0.352 e. The number of nitrogens with zero attached hydrogens (tertiary/aromatic N) is 2. The second-order valence-electron chi connectivity index (χ2n) is 4.68. The second kappa shape index (κ2) is 5.57. The number of rotatable bonds is 2. The van der Waals surface area contributed by atoms with Crippen LogP contribution in [-0.4, -0.2) is 40.0 Å². The van der Waals surface area contributed by atoms with Crippen molar-refractivity contribution in [3.63, 3.8) is 0 Å². The molecule has 1 unspecified atom stereocenters. The molecule has 2 aromatic rings. The topological polar surface area (TPSA) is 78.1 Å². The van der Waals surface area contributed by atoms with Crippen molar-refractivity contribution < 1.29 is 9.59 Å². The SMILES string of the molecule is O=C1NCCN(C(=O)c2ccn[nH]2)C1c1ccccc1Cl. The lowest BCUT2D eigenvalue weighted by Gasteiger charge is -2.35. The van der Waals surface area contributed by atoms with E-state index < -0.39 is 6.04 Å². The zero-order valence-electron chi connectivity index (χ0n) is 11.0. The fraction of sp³-hybridized carbons (Fsp3) is 0.214. The number of hydrogen-bond donors (Lipinski definition) is 2. The van der Waals surface area contributed by atoms with Crippen molar-refractivity contribution in [1.82, 2.24) is 20.4 Å². The number of amides is 2. The van der Waals surface area contributed by atoms with Crippen LogP contribution in [-0.2, 0) is 4.79 Å². The quantitative estimate of drug-likeness (QED) is 0.880. The zero-order valence-corrected chi connectivity index (χ0v) is 11.8. The van der Waals surface area contributed by atoms with Crippen molar-refractivity contribution in [3.05, 3.63) is 52.8 Å². The molecule has 1 aliphatic heterocycles. The van der Waals surface area contributed by atoms with Crippen molar-refractivity contribution in [2.45, 2.75) is 6.04 Å². The van der Waals surface area contributed by atoms with Gasteiger partial charge >= 0.3 is 0 Å². The van der Waals surface area contributed by atoms with Crippen LogP contribution >= 0.6 is 11.6 Å². The number of piperazine rings is 1. The number of H-pyrrole nitrogens is 1. The standard InChI is InChI=1S/C14H13ClN4O2/c15-10-4-2-1-3-9(10)12-13(20)16-7-8-19(12)14(21)11-5-6-17-18-11/h1-6,12H,7-8H2,(H,16,20)(H,17,18). The molecule has 1 saturated heterocycles. The van der Waals surface area contributed by atoms with Gasteiger partial charge in [0.15, 0.2) is 0 Å². The Morgan fingerprint density at radius 1 is 1.33 bits per heavy atom. The highest BCUT2D eigenvalue weighted by atomic mass is 35.5. The van der Waals surface area contributed by atoms with Crippen molar-refractivity contribution in [2.24, 2.45) is 0 Å². The summed E-state index contributed by atoms with van der Waals surface area (Å²) in [5.41, 5.74) is 0.964. The average Bonchev–Trinajstić information content (AvgIpc) is 3.01. The highest BCUT2D eigenvalue weighted by molar-refractivity contribution is 6.31. The Balaban J connectivity index is 1.99. The number of carbonyl (C=O) groups is 2. The summed E-state index contributed by atoms with van der Waals surface area (Å²) in [7, 11) is 0. The highest BCUT2D eigenvalue weighted by Crippen LogP contribution is 2.30. The van der Waals surface area contributed by atoms with Crippen molar-refractivity contribution in [3.8, 4) is 0 Å². The molecular weight excluding hydrogens is 292 g/mol. The van der Waals surface area contributed by atoms with Gasteiger partial charge in [-0.05, 0) is 12.1 Å². The maximum absolute atomic E-state index is 12.5. The third-order valence-electron chi connectivity index (χ3n) is 3.40. The maximum Gasteiger partial charge on any atom is 0.272 e. The molecule has 3 rings (SSSR count). The van der Waals surface area contributed by atoms with Crippen molar-refractivity contribution >= 4 is 23.4 Å². The van der Waals surface area contributed by atoms with Gasteiger partial charge in [-0.15, -0.1) is 0 Å². The van der Waals surface area contributed by atoms with E-state index in [2.05, 4.69) is 15.5 Å². The summed E-state index contributed by atoms with van der Waals surface area (Å²) >= 11 is 6.18. The number of aromatic nitrogens is 2. The lowest BCUT2D eigenvalue weighted by Crippen LogP contribution is -2.52. The van der Waals surface area contributed by atoms with Crippen LogP contribution in [0.15, 0.2) is 36.5 Å². The number of carbonyl (C=O) groups excluding carboxylic acids is 2. The number of aromatic amines is 1. The summed E-state index contributed by atoms with van der Waals surface area (Å²) < 4.78 is 0. The van der Waals surface area contributed by atoms with E-state index in [-0.39, 0.29) is 11.8 Å². The molecule has 7 heteroatoms. The molecule has 2 heterocycles. The van der Waals surface area contributed by atoms with Gasteiger partial charge in [0.05, 0.1) is 0 Å². The fourth-order valence-electron chi connectivity index (χ4n) is 2.42. The van der Waals surface area contributed by atoms with Gasteiger partial charge in [-0.2, -0.15) is 5.10 Å². The molecule has 2 N–H and O–H groups in total. The molecule has 0 saturated carbocycles. The summed E-state index contributed by atoms with van der Waals surface area (Å²) in [6.07, 6.45) is 1.50. The lowest BCUT2D eigenvalue weighted by atomic mass is 10.0. The predicted molar refractivity (Wildman–Crippen MR) is 76.8 cm³/mol. The molecule has 0 aliphatic carbocycles. The van der Waals surface area contributed by atoms with E-state index in [0.29, 0.717) is 29.4 Å². The van der Waals surface area contributed by atoms with Crippen LogP contribution in [0.3, 0.4) is 0 Å². The van der Waals surface area contributed by atoms with Crippen molar-refractivity contribution in [2.75, 3.05) is 13.1 Å². The first-order valence-corrected chi connectivity index (χ1v) is 6.89. The molecule has 21 heavy (non-hydrogen) atoms. The lowest BCUT2D eigenvalue weighted by molar-refractivity contribution is -0.128. The first kappa shape index (κ1) is 13.6. The van der Waals surface area contributed by atoms with Crippen LogP contribution in [0.5, 0.6) is 0 Å². The Hall–Kier alpha value is -2.34. The van der Waals surface area contributed by atoms with Crippen LogP contribution < -0.4 is 5.32 Å². The van der Waals surface area contributed by atoms with E-state index in [0.717, 1.165) is 0 Å². The highest BCUT2D eigenvalue weighted by Gasteiger charge is 2.36. The van der Waals surface area contributed by atoms with Gasteiger partial charge < -0.3 is 10.2 Å². The molecule has 2 amide bonds. The van der Waals surface area contributed by atoms with E-state index in [1.807, 2.05) is 0 Å². The first-order valence-electron chi connectivity index (χ1n) is 6.51. The van der Waals surface area contributed by atoms with Crippen LogP contribution in [0.25, 0.3) is 0 Å². The molecule has 1 fully saturated rings. The van der Waals surface area contributed by atoms with Gasteiger partial charge in [-0.25, -0.2) is 0 Å². The van der Waals surface area contributed by atoms with Gasteiger partial charge in [0.2, 0.25) is 5.91 Å². The molecule has 0 bridgehead atoms. The Kier molecular flexibility index (Phi) is 3.62. The Bertz CT molecular complexity index is 671. The van der Waals surface area contributed by atoms with Gasteiger partial charge in [-0.1, -0.05) is 29.8 Å². The number of halogens is 1. The molecule has 1 aromatic carbocycles. The van der Waals surface area contributed by atoms with E-state index in [1.165, 1.54) is 11.1 Å². The van der Waals surface area contributed by atoms with Crippen LogP contribution in [0.4, 0.5) is 0 Å². The normalized spacial score (nSPS) is 18.4. The summed E-state index contributed by atoms with van der Waals surface area (Å²) in [6.45, 7) is 0.832. The van der Waals surface area contributed by atoms with E-state index in [9.17, 15) is 9.59 Å². The molecule has 6 nitrogen and oxygen atoms in total. The molecule has 0 spiro atoms. The van der Waals surface area contributed by atoms with E-state index >= 15 is 0 Å². The third-order valence-corrected chi connectivity index (χ3v) is 3.75. The van der Waals surface area contributed by atoms with Gasteiger partial charge in [0.25, 0.3) is 5.91 Å². The van der Waals surface area contributed by atoms with Gasteiger partial charge in [0.1, 0.15) is 11.7 Å². The van der Waals surface area contributed by atoms with Crippen LogP contribution in [0.1, 0.15) is 22.1 Å². The molecule has 1 aliphatic rings. The van der Waals surface area contributed by atoms with E-state index in [1.54, 1.807) is 30.3 Å². The van der Waals surface area contributed by atoms with E-state index in [4.69, 9.17) is 11.6 Å². The number of hydrogen-bond acceptors (Lipinski definition) is 3. The first-order chi connectivity index (χ1) is 10.2.